The van der Waals surface area contributed by atoms with E-state index in [4.69, 9.17) is 16.3 Å². The van der Waals surface area contributed by atoms with Crippen molar-refractivity contribution < 1.29 is 9.13 Å². The molecule has 1 nitrogen and oxygen atoms in total. The van der Waals surface area contributed by atoms with Crippen LogP contribution in [0.4, 0.5) is 4.39 Å². The third-order valence-corrected chi connectivity index (χ3v) is 2.15. The first-order valence-electron chi connectivity index (χ1n) is 4.75. The summed E-state index contributed by atoms with van der Waals surface area (Å²) in [4.78, 5) is 0. The second-order valence-electron chi connectivity index (χ2n) is 3.07. The fraction of sp³-hybridized carbons (Fsp3) is 0.455. The van der Waals surface area contributed by atoms with Gasteiger partial charge in [0.05, 0.1) is 6.61 Å². The molecule has 0 aliphatic carbocycles. The topological polar surface area (TPSA) is 9.23 Å². The van der Waals surface area contributed by atoms with Crippen LogP contribution in [-0.2, 0) is 0 Å². The predicted octanol–water partition coefficient (Wildman–Crippen LogP) is 4.07. The maximum Gasteiger partial charge on any atom is 0.198 e. The molecule has 0 heterocycles. The lowest BCUT2D eigenvalue weighted by molar-refractivity contribution is 0.309. The van der Waals surface area contributed by atoms with Crippen molar-refractivity contribution in [3.63, 3.8) is 0 Å². The molecule has 78 valence electrons. The van der Waals surface area contributed by atoms with Crippen molar-refractivity contribution in [1.29, 1.82) is 0 Å². The van der Waals surface area contributed by atoms with Crippen LogP contribution in [0.5, 0.6) is 5.75 Å². The lowest BCUT2D eigenvalue weighted by Crippen LogP contribution is -1.96. The van der Waals surface area contributed by atoms with E-state index in [1.807, 2.05) is 0 Å². The number of hydrogen-bond donors (Lipinski definition) is 0. The summed E-state index contributed by atoms with van der Waals surface area (Å²) in [6, 6.07) is 6.75. The maximum atomic E-state index is 12.6. The van der Waals surface area contributed by atoms with E-state index in [9.17, 15) is 4.39 Å². The van der Waals surface area contributed by atoms with Crippen molar-refractivity contribution >= 4 is 11.6 Å². The molecule has 0 aliphatic rings. The van der Waals surface area contributed by atoms with Gasteiger partial charge in [-0.3, -0.25) is 0 Å². The Labute approximate surface area is 88.8 Å². The summed E-state index contributed by atoms with van der Waals surface area (Å²) in [6.45, 7) is 2.81. The van der Waals surface area contributed by atoms with Gasteiger partial charge in [-0.2, -0.15) is 0 Å². The summed E-state index contributed by atoms with van der Waals surface area (Å²) in [7, 11) is 0. The van der Waals surface area contributed by atoms with Crippen LogP contribution >= 0.6 is 11.6 Å². The zero-order valence-corrected chi connectivity index (χ0v) is 8.93. The zero-order valence-electron chi connectivity index (χ0n) is 8.17. The Morgan fingerprint density at radius 1 is 1.36 bits per heavy atom. The Bertz CT molecular complexity index is 258. The molecule has 1 rings (SSSR count). The fourth-order valence-electron chi connectivity index (χ4n) is 1.04. The molecule has 0 saturated carbocycles. The third kappa shape index (κ3) is 3.54. The first kappa shape index (κ1) is 11.3. The minimum atomic E-state index is -1.43. The van der Waals surface area contributed by atoms with Crippen molar-refractivity contribution in [2.45, 2.75) is 25.4 Å². The average molecular weight is 217 g/mol. The minimum Gasteiger partial charge on any atom is -0.494 e. The predicted molar refractivity (Wildman–Crippen MR) is 56.5 cm³/mol. The first-order chi connectivity index (χ1) is 6.74. The van der Waals surface area contributed by atoms with E-state index in [1.54, 1.807) is 24.3 Å². The summed E-state index contributed by atoms with van der Waals surface area (Å²) >= 11 is 5.27. The number of ether oxygens (including phenoxy) is 1. The Hall–Kier alpha value is -0.760. The molecule has 0 aliphatic heterocycles. The zero-order chi connectivity index (χ0) is 10.4. The quantitative estimate of drug-likeness (QED) is 0.533. The molecular weight excluding hydrogens is 203 g/mol. The molecule has 1 atom stereocenters. The molecule has 0 bridgehead atoms. The van der Waals surface area contributed by atoms with E-state index in [0.717, 1.165) is 18.6 Å². The van der Waals surface area contributed by atoms with Gasteiger partial charge in [0.2, 0.25) is 0 Å². The largest absolute Gasteiger partial charge is 0.494 e. The molecule has 0 saturated heterocycles. The molecule has 1 unspecified atom stereocenters. The number of alkyl halides is 2. The molecule has 0 spiro atoms. The van der Waals surface area contributed by atoms with Crippen LogP contribution < -0.4 is 4.74 Å². The fourth-order valence-corrected chi connectivity index (χ4v) is 1.19. The minimum absolute atomic E-state index is 0.467. The highest BCUT2D eigenvalue weighted by molar-refractivity contribution is 6.19. The molecule has 0 amide bonds. The monoisotopic (exact) mass is 216 g/mol. The Morgan fingerprint density at radius 3 is 2.50 bits per heavy atom. The van der Waals surface area contributed by atoms with E-state index in [2.05, 4.69) is 6.92 Å². The standard InChI is InChI=1S/C11H14ClFO/c1-2-3-8-14-10-6-4-9(5-7-10)11(12)13/h4-7,11H,2-3,8H2,1H3. The Kier molecular flexibility index (Phi) is 4.74. The van der Waals surface area contributed by atoms with Crippen LogP contribution in [-0.4, -0.2) is 6.61 Å². The van der Waals surface area contributed by atoms with Gasteiger partial charge in [-0.15, -0.1) is 0 Å². The van der Waals surface area contributed by atoms with Gasteiger partial charge in [0.1, 0.15) is 5.75 Å². The van der Waals surface area contributed by atoms with Crippen LogP contribution in [0.1, 0.15) is 31.0 Å². The van der Waals surface area contributed by atoms with Crippen LogP contribution in [0.25, 0.3) is 0 Å². The Balaban J connectivity index is 2.47. The van der Waals surface area contributed by atoms with Gasteiger partial charge in [-0.1, -0.05) is 37.1 Å². The smallest absolute Gasteiger partial charge is 0.198 e. The number of rotatable bonds is 5. The van der Waals surface area contributed by atoms with Gasteiger partial charge in [0.15, 0.2) is 5.63 Å². The van der Waals surface area contributed by atoms with Gasteiger partial charge in [0.25, 0.3) is 0 Å². The molecule has 0 radical (unpaired) electrons. The number of benzene rings is 1. The van der Waals surface area contributed by atoms with Gasteiger partial charge in [-0.05, 0) is 18.6 Å². The lowest BCUT2D eigenvalue weighted by Gasteiger charge is -2.06. The summed E-state index contributed by atoms with van der Waals surface area (Å²) in [5.41, 5.74) is -0.964. The van der Waals surface area contributed by atoms with Crippen LogP contribution in [0.3, 0.4) is 0 Å². The van der Waals surface area contributed by atoms with E-state index in [1.165, 1.54) is 0 Å². The molecule has 0 N–H and O–H groups in total. The number of hydrogen-bond acceptors (Lipinski definition) is 1. The molecule has 14 heavy (non-hydrogen) atoms. The van der Waals surface area contributed by atoms with Crippen molar-refractivity contribution in [3.8, 4) is 5.75 Å². The summed E-state index contributed by atoms with van der Waals surface area (Å²) in [6.07, 6.45) is 2.13. The molecule has 3 heteroatoms. The molecule has 0 fully saturated rings. The summed E-state index contributed by atoms with van der Waals surface area (Å²) in [5.74, 6) is 0.763. The van der Waals surface area contributed by atoms with E-state index < -0.39 is 5.63 Å². The first-order valence-corrected chi connectivity index (χ1v) is 5.18. The van der Waals surface area contributed by atoms with Gasteiger partial charge >= 0.3 is 0 Å². The van der Waals surface area contributed by atoms with Crippen molar-refractivity contribution in [1.82, 2.24) is 0 Å². The highest BCUT2D eigenvalue weighted by Crippen LogP contribution is 2.23. The average Bonchev–Trinajstić information content (AvgIpc) is 2.19. The second kappa shape index (κ2) is 5.86. The van der Waals surface area contributed by atoms with E-state index in [-0.39, 0.29) is 0 Å². The van der Waals surface area contributed by atoms with E-state index in [0.29, 0.717) is 12.2 Å². The second-order valence-corrected chi connectivity index (χ2v) is 3.45. The molecule has 1 aromatic rings. The van der Waals surface area contributed by atoms with Crippen molar-refractivity contribution in [2.75, 3.05) is 6.61 Å². The van der Waals surface area contributed by atoms with E-state index >= 15 is 0 Å². The number of unbranched alkanes of at least 4 members (excludes halogenated alkanes) is 1. The lowest BCUT2D eigenvalue weighted by atomic mass is 10.2. The van der Waals surface area contributed by atoms with Gasteiger partial charge in [0, 0.05) is 5.56 Å². The normalized spacial score (nSPS) is 12.5. The van der Waals surface area contributed by atoms with Gasteiger partial charge < -0.3 is 4.74 Å². The van der Waals surface area contributed by atoms with Gasteiger partial charge in [-0.25, -0.2) is 4.39 Å². The van der Waals surface area contributed by atoms with Crippen molar-refractivity contribution in [3.05, 3.63) is 29.8 Å². The molecule has 0 aromatic heterocycles. The summed E-state index contributed by atoms with van der Waals surface area (Å²) in [5, 5.41) is 0. The highest BCUT2D eigenvalue weighted by Gasteiger charge is 2.03. The Morgan fingerprint density at radius 2 is 2.00 bits per heavy atom. The van der Waals surface area contributed by atoms with Crippen LogP contribution in [0, 0.1) is 0 Å². The van der Waals surface area contributed by atoms with Crippen molar-refractivity contribution in [2.24, 2.45) is 0 Å². The number of halogens is 2. The summed E-state index contributed by atoms with van der Waals surface area (Å²) < 4.78 is 18.0. The molecule has 1 aromatic carbocycles. The highest BCUT2D eigenvalue weighted by atomic mass is 35.5. The maximum absolute atomic E-state index is 12.6. The van der Waals surface area contributed by atoms with Crippen LogP contribution in [0.2, 0.25) is 0 Å². The van der Waals surface area contributed by atoms with Crippen LogP contribution in [0.15, 0.2) is 24.3 Å². The third-order valence-electron chi connectivity index (χ3n) is 1.90. The SMILES string of the molecule is CCCCOc1ccc(C(F)Cl)cc1. The molecular formula is C11H14ClFO.